The van der Waals surface area contributed by atoms with Crippen molar-refractivity contribution in [2.45, 2.75) is 13.0 Å². The minimum absolute atomic E-state index is 0.163. The van der Waals surface area contributed by atoms with Gasteiger partial charge >= 0.3 is 0 Å². The molecule has 1 atom stereocenters. The number of carbonyl (C=O) groups is 1. The first-order chi connectivity index (χ1) is 7.02. The average molecular weight is 212 g/mol. The molecule has 1 saturated heterocycles. The Labute approximate surface area is 85.5 Å². The smallest absolute Gasteiger partial charge is 0.245 e. The molecule has 2 N–H and O–H groups in total. The number of aryl methyl sites for hydroxylation is 1. The lowest BCUT2D eigenvalue weighted by atomic mass is 10.1. The summed E-state index contributed by atoms with van der Waals surface area (Å²) in [4.78, 5) is 12.3. The molecular weight excluding hydrogens is 202 g/mol. The highest BCUT2D eigenvalue weighted by Gasteiger charge is 2.37. The summed E-state index contributed by atoms with van der Waals surface area (Å²) in [6.45, 7) is 1.68. The summed E-state index contributed by atoms with van der Waals surface area (Å²) in [5.41, 5.74) is 5.37. The minimum atomic E-state index is -0.738. The fourth-order valence-electron chi connectivity index (χ4n) is 1.54. The zero-order valence-corrected chi connectivity index (χ0v) is 8.13. The number of hydrogen-bond acceptors (Lipinski definition) is 2. The Bertz CT molecular complexity index is 434. The van der Waals surface area contributed by atoms with Gasteiger partial charge in [-0.1, -0.05) is 6.07 Å². The summed E-state index contributed by atoms with van der Waals surface area (Å²) in [6.07, 6.45) is 0. The first kappa shape index (κ1) is 10.0. The van der Waals surface area contributed by atoms with E-state index in [2.05, 4.69) is 0 Å². The SMILES string of the molecule is Cc1ccc(F)c(N2CC(N)C2=O)c1F. The van der Waals surface area contributed by atoms with Crippen molar-refractivity contribution in [1.29, 1.82) is 0 Å². The average Bonchev–Trinajstić information content (AvgIpc) is 2.22. The molecule has 1 aromatic rings. The molecule has 0 aliphatic carbocycles. The molecule has 0 spiro atoms. The van der Waals surface area contributed by atoms with E-state index in [1.807, 2.05) is 0 Å². The highest BCUT2D eigenvalue weighted by Crippen LogP contribution is 2.29. The number of anilines is 1. The molecule has 0 radical (unpaired) electrons. The Kier molecular flexibility index (Phi) is 2.19. The molecule has 1 fully saturated rings. The van der Waals surface area contributed by atoms with Crippen LogP contribution in [-0.4, -0.2) is 18.5 Å². The molecule has 1 aliphatic heterocycles. The molecule has 1 aliphatic rings. The van der Waals surface area contributed by atoms with Crippen LogP contribution in [0.5, 0.6) is 0 Å². The lowest BCUT2D eigenvalue weighted by Gasteiger charge is -2.36. The second-order valence-corrected chi connectivity index (χ2v) is 3.58. The molecule has 0 aromatic heterocycles. The Morgan fingerprint density at radius 1 is 1.47 bits per heavy atom. The van der Waals surface area contributed by atoms with E-state index in [0.29, 0.717) is 5.56 Å². The van der Waals surface area contributed by atoms with Crippen molar-refractivity contribution < 1.29 is 13.6 Å². The molecule has 2 rings (SSSR count). The van der Waals surface area contributed by atoms with Crippen molar-refractivity contribution >= 4 is 11.6 Å². The number of nitrogens with two attached hydrogens (primary N) is 1. The van der Waals surface area contributed by atoms with E-state index in [1.165, 1.54) is 13.0 Å². The second kappa shape index (κ2) is 3.27. The third-order valence-electron chi connectivity index (χ3n) is 2.49. The maximum Gasteiger partial charge on any atom is 0.245 e. The van der Waals surface area contributed by atoms with Crippen molar-refractivity contribution in [3.05, 3.63) is 29.3 Å². The number of hydrogen-bond donors (Lipinski definition) is 1. The predicted octanol–water partition coefficient (Wildman–Crippen LogP) is 0.947. The van der Waals surface area contributed by atoms with Crippen molar-refractivity contribution in [2.24, 2.45) is 5.73 Å². The summed E-state index contributed by atoms with van der Waals surface area (Å²) >= 11 is 0. The molecule has 15 heavy (non-hydrogen) atoms. The van der Waals surface area contributed by atoms with Crippen LogP contribution < -0.4 is 10.6 Å². The lowest BCUT2D eigenvalue weighted by molar-refractivity contribution is -0.123. The molecule has 1 heterocycles. The van der Waals surface area contributed by atoms with Gasteiger partial charge in [0.15, 0.2) is 5.82 Å². The molecule has 80 valence electrons. The Morgan fingerprint density at radius 3 is 2.67 bits per heavy atom. The van der Waals surface area contributed by atoms with Gasteiger partial charge in [-0.15, -0.1) is 0 Å². The highest BCUT2D eigenvalue weighted by atomic mass is 19.1. The van der Waals surface area contributed by atoms with Crippen molar-refractivity contribution in [3.8, 4) is 0 Å². The summed E-state index contributed by atoms with van der Waals surface area (Å²) < 4.78 is 26.9. The van der Waals surface area contributed by atoms with E-state index in [4.69, 9.17) is 5.73 Å². The van der Waals surface area contributed by atoms with Crippen molar-refractivity contribution in [3.63, 3.8) is 0 Å². The molecular formula is C10H10F2N2O. The van der Waals surface area contributed by atoms with Gasteiger partial charge in [-0.3, -0.25) is 4.79 Å². The van der Waals surface area contributed by atoms with Crippen molar-refractivity contribution in [2.75, 3.05) is 11.4 Å². The first-order valence-electron chi connectivity index (χ1n) is 4.54. The molecule has 5 heteroatoms. The van der Waals surface area contributed by atoms with E-state index < -0.39 is 23.6 Å². The van der Waals surface area contributed by atoms with Crippen LogP contribution in [0.3, 0.4) is 0 Å². The minimum Gasteiger partial charge on any atom is -0.318 e. The molecule has 0 bridgehead atoms. The standard InChI is InChI=1S/C10H10F2N2O/c1-5-2-3-6(11)9(8(5)12)14-4-7(13)10(14)15/h2-3,7H,4,13H2,1H3. The zero-order valence-electron chi connectivity index (χ0n) is 8.13. The first-order valence-corrected chi connectivity index (χ1v) is 4.54. The van der Waals surface area contributed by atoms with Crippen LogP contribution in [0.4, 0.5) is 14.5 Å². The van der Waals surface area contributed by atoms with Crippen LogP contribution in [0.1, 0.15) is 5.56 Å². The summed E-state index contributed by atoms with van der Waals surface area (Å²) in [6, 6.07) is 1.84. The summed E-state index contributed by atoms with van der Waals surface area (Å²) in [7, 11) is 0. The van der Waals surface area contributed by atoms with Gasteiger partial charge in [0.1, 0.15) is 17.5 Å². The molecule has 1 unspecified atom stereocenters. The topological polar surface area (TPSA) is 46.3 Å². The van der Waals surface area contributed by atoms with E-state index in [1.54, 1.807) is 0 Å². The molecule has 1 aromatic carbocycles. The Hall–Kier alpha value is -1.49. The lowest BCUT2D eigenvalue weighted by Crippen LogP contribution is -2.61. The number of rotatable bonds is 1. The third-order valence-corrected chi connectivity index (χ3v) is 2.49. The summed E-state index contributed by atoms with van der Waals surface area (Å²) in [5.74, 6) is -1.88. The number of β-lactam (4-membered cyclic amide) rings is 1. The van der Waals surface area contributed by atoms with Gasteiger partial charge in [0.05, 0.1) is 6.54 Å². The number of amides is 1. The van der Waals surface area contributed by atoms with Crippen LogP contribution in [0, 0.1) is 18.6 Å². The summed E-state index contributed by atoms with van der Waals surface area (Å²) in [5, 5.41) is 0. The van der Waals surface area contributed by atoms with Gasteiger partial charge in [-0.25, -0.2) is 8.78 Å². The van der Waals surface area contributed by atoms with Crippen LogP contribution in [-0.2, 0) is 4.79 Å². The maximum absolute atomic E-state index is 13.6. The van der Waals surface area contributed by atoms with Gasteiger partial charge in [0.2, 0.25) is 5.91 Å². The molecule has 1 amide bonds. The second-order valence-electron chi connectivity index (χ2n) is 3.58. The highest BCUT2D eigenvalue weighted by molar-refractivity contribution is 6.04. The van der Waals surface area contributed by atoms with Crippen LogP contribution in [0.15, 0.2) is 12.1 Å². The molecule has 0 saturated carbocycles. The normalized spacial score (nSPS) is 20.4. The fourth-order valence-corrected chi connectivity index (χ4v) is 1.54. The number of nitrogens with zero attached hydrogens (tertiary/aromatic N) is 1. The van der Waals surface area contributed by atoms with Crippen LogP contribution in [0.25, 0.3) is 0 Å². The third kappa shape index (κ3) is 1.39. The number of benzene rings is 1. The monoisotopic (exact) mass is 212 g/mol. The van der Waals surface area contributed by atoms with Gasteiger partial charge in [-0.05, 0) is 18.6 Å². The fraction of sp³-hybridized carbons (Fsp3) is 0.300. The van der Waals surface area contributed by atoms with Gasteiger partial charge in [0, 0.05) is 0 Å². The van der Waals surface area contributed by atoms with Crippen LogP contribution in [0.2, 0.25) is 0 Å². The van der Waals surface area contributed by atoms with Gasteiger partial charge in [-0.2, -0.15) is 0 Å². The number of halogens is 2. The van der Waals surface area contributed by atoms with Crippen molar-refractivity contribution in [1.82, 2.24) is 0 Å². The molecule has 3 nitrogen and oxygen atoms in total. The van der Waals surface area contributed by atoms with E-state index in [0.717, 1.165) is 11.0 Å². The van der Waals surface area contributed by atoms with Gasteiger partial charge in [0.25, 0.3) is 0 Å². The largest absolute Gasteiger partial charge is 0.318 e. The van der Waals surface area contributed by atoms with Crippen LogP contribution >= 0.6 is 0 Å². The zero-order chi connectivity index (χ0) is 11.2. The maximum atomic E-state index is 13.6. The van der Waals surface area contributed by atoms with E-state index >= 15 is 0 Å². The van der Waals surface area contributed by atoms with Gasteiger partial charge < -0.3 is 10.6 Å². The Balaban J connectivity index is 2.44. The van der Waals surface area contributed by atoms with E-state index in [-0.39, 0.29) is 12.2 Å². The number of carbonyl (C=O) groups excluding carboxylic acids is 1. The predicted molar refractivity (Wildman–Crippen MR) is 51.4 cm³/mol. The van der Waals surface area contributed by atoms with E-state index in [9.17, 15) is 13.6 Å². The Morgan fingerprint density at radius 2 is 2.13 bits per heavy atom. The quantitative estimate of drug-likeness (QED) is 0.704.